The van der Waals surface area contributed by atoms with E-state index in [0.29, 0.717) is 5.56 Å². The topological polar surface area (TPSA) is 38.7 Å². The van der Waals surface area contributed by atoms with Crippen LogP contribution in [0.1, 0.15) is 21.5 Å². The van der Waals surface area contributed by atoms with Crippen molar-refractivity contribution in [3.8, 4) is 0 Å². The monoisotopic (exact) mass is 251 g/mol. The summed E-state index contributed by atoms with van der Waals surface area (Å²) in [7, 11) is 1.39. The van der Waals surface area contributed by atoms with Gasteiger partial charge in [-0.1, -0.05) is 30.3 Å². The number of rotatable bonds is 2. The minimum atomic E-state index is -0.309. The molecule has 2 aromatic rings. The van der Waals surface area contributed by atoms with E-state index in [4.69, 9.17) is 4.74 Å². The molecule has 2 aromatic carbocycles. The summed E-state index contributed by atoms with van der Waals surface area (Å²) in [5.41, 5.74) is 4.75. The van der Waals surface area contributed by atoms with Gasteiger partial charge in [-0.15, -0.1) is 0 Å². The van der Waals surface area contributed by atoms with E-state index in [9.17, 15) is 4.79 Å². The third-order valence-corrected chi connectivity index (χ3v) is 3.22. The Morgan fingerprint density at radius 1 is 1.16 bits per heavy atom. The summed E-state index contributed by atoms with van der Waals surface area (Å²) in [6, 6.07) is 15.6. The van der Waals surface area contributed by atoms with Crippen LogP contribution in [0.5, 0.6) is 0 Å². The second kappa shape index (κ2) is 4.69. The molecule has 19 heavy (non-hydrogen) atoms. The van der Waals surface area contributed by atoms with Crippen LogP contribution >= 0.6 is 0 Å². The molecule has 1 heterocycles. The van der Waals surface area contributed by atoms with Crippen molar-refractivity contribution in [1.29, 1.82) is 0 Å². The molecule has 0 radical (unpaired) electrons. The quantitative estimate of drug-likeness (QED) is 0.769. The number of aliphatic imine (C=N–C) groups is 1. The number of carbonyl (C=O) groups is 1. The molecule has 0 unspecified atom stereocenters. The molecule has 3 heteroatoms. The molecule has 0 amide bonds. The van der Waals surface area contributed by atoms with Crippen LogP contribution in [0.2, 0.25) is 0 Å². The van der Waals surface area contributed by atoms with Crippen molar-refractivity contribution in [1.82, 2.24) is 0 Å². The largest absolute Gasteiger partial charge is 0.465 e. The molecular weight excluding hydrogens is 238 g/mol. The highest BCUT2D eigenvalue weighted by molar-refractivity contribution is 6.07. The minimum absolute atomic E-state index is 0.309. The number of nitrogens with zero attached hydrogens (tertiary/aromatic N) is 1. The van der Waals surface area contributed by atoms with Crippen LogP contribution in [-0.2, 0) is 11.2 Å². The number of hydrogen-bond donors (Lipinski definition) is 0. The fraction of sp³-hybridized carbons (Fsp3) is 0.125. The van der Waals surface area contributed by atoms with Gasteiger partial charge in [-0.25, -0.2) is 4.79 Å². The van der Waals surface area contributed by atoms with E-state index in [1.807, 2.05) is 42.5 Å². The molecular formula is C16H13NO2. The van der Waals surface area contributed by atoms with Crippen molar-refractivity contribution in [3.63, 3.8) is 0 Å². The fourth-order valence-electron chi connectivity index (χ4n) is 2.24. The lowest BCUT2D eigenvalue weighted by molar-refractivity contribution is 0.0600. The Hall–Kier alpha value is -2.42. The number of benzene rings is 2. The molecule has 0 fully saturated rings. The first-order valence-corrected chi connectivity index (χ1v) is 6.12. The average molecular weight is 251 g/mol. The van der Waals surface area contributed by atoms with Crippen LogP contribution in [0.25, 0.3) is 0 Å². The van der Waals surface area contributed by atoms with E-state index in [2.05, 4.69) is 4.99 Å². The maximum atomic E-state index is 11.5. The third-order valence-electron chi connectivity index (χ3n) is 3.22. The van der Waals surface area contributed by atoms with Crippen molar-refractivity contribution >= 4 is 17.4 Å². The van der Waals surface area contributed by atoms with Crippen molar-refractivity contribution < 1.29 is 9.53 Å². The lowest BCUT2D eigenvalue weighted by Gasteiger charge is -2.02. The Kier molecular flexibility index (Phi) is 2.88. The normalized spacial score (nSPS) is 12.8. The molecule has 94 valence electrons. The van der Waals surface area contributed by atoms with Gasteiger partial charge >= 0.3 is 5.97 Å². The molecule has 0 N–H and O–H groups in total. The highest BCUT2D eigenvalue weighted by Crippen LogP contribution is 2.29. The first-order valence-electron chi connectivity index (χ1n) is 6.12. The molecule has 0 atom stereocenters. The van der Waals surface area contributed by atoms with Crippen molar-refractivity contribution in [2.75, 3.05) is 7.11 Å². The maximum absolute atomic E-state index is 11.5. The highest BCUT2D eigenvalue weighted by atomic mass is 16.5. The van der Waals surface area contributed by atoms with Crippen molar-refractivity contribution in [2.45, 2.75) is 6.42 Å². The smallest absolute Gasteiger partial charge is 0.337 e. The zero-order chi connectivity index (χ0) is 13.2. The SMILES string of the molecule is COC(=O)c1ccc2c(c1)CC(c1ccccc1)=N2. The highest BCUT2D eigenvalue weighted by Gasteiger charge is 2.17. The van der Waals surface area contributed by atoms with Crippen LogP contribution in [0.4, 0.5) is 5.69 Å². The zero-order valence-corrected chi connectivity index (χ0v) is 10.6. The van der Waals surface area contributed by atoms with Crippen LogP contribution in [0, 0.1) is 0 Å². The van der Waals surface area contributed by atoms with Crippen molar-refractivity contribution in [3.05, 3.63) is 65.2 Å². The number of ether oxygens (including phenoxy) is 1. The molecule has 3 rings (SSSR count). The second-order valence-electron chi connectivity index (χ2n) is 4.44. The number of hydrogen-bond acceptors (Lipinski definition) is 3. The predicted octanol–water partition coefficient (Wildman–Crippen LogP) is 3.15. The summed E-state index contributed by atoms with van der Waals surface area (Å²) in [4.78, 5) is 16.1. The first kappa shape index (κ1) is 11.7. The van der Waals surface area contributed by atoms with E-state index >= 15 is 0 Å². The molecule has 0 spiro atoms. The van der Waals surface area contributed by atoms with Gasteiger partial charge in [-0.05, 0) is 29.3 Å². The molecule has 1 aliphatic heterocycles. The van der Waals surface area contributed by atoms with E-state index in [1.54, 1.807) is 6.07 Å². The summed E-state index contributed by atoms with van der Waals surface area (Å²) in [6.45, 7) is 0. The number of fused-ring (bicyclic) bond motifs is 1. The van der Waals surface area contributed by atoms with Crippen LogP contribution in [0.3, 0.4) is 0 Å². The summed E-state index contributed by atoms with van der Waals surface area (Å²) in [5, 5.41) is 0. The van der Waals surface area contributed by atoms with Gasteiger partial charge in [0.25, 0.3) is 0 Å². The summed E-state index contributed by atoms with van der Waals surface area (Å²) >= 11 is 0. The summed E-state index contributed by atoms with van der Waals surface area (Å²) in [6.07, 6.45) is 0.754. The van der Waals surface area contributed by atoms with E-state index in [-0.39, 0.29) is 5.97 Å². The summed E-state index contributed by atoms with van der Waals surface area (Å²) < 4.78 is 4.73. The van der Waals surface area contributed by atoms with Gasteiger partial charge in [-0.3, -0.25) is 4.99 Å². The zero-order valence-electron chi connectivity index (χ0n) is 10.6. The Morgan fingerprint density at radius 2 is 1.95 bits per heavy atom. The van der Waals surface area contributed by atoms with Gasteiger partial charge in [0.2, 0.25) is 0 Å². The first-order chi connectivity index (χ1) is 9.28. The van der Waals surface area contributed by atoms with Crippen LogP contribution in [-0.4, -0.2) is 18.8 Å². The van der Waals surface area contributed by atoms with E-state index < -0.39 is 0 Å². The Labute approximate surface area is 111 Å². The van der Waals surface area contributed by atoms with Crippen LogP contribution in [0.15, 0.2) is 53.5 Å². The van der Waals surface area contributed by atoms with Crippen LogP contribution < -0.4 is 0 Å². The second-order valence-corrected chi connectivity index (χ2v) is 4.44. The van der Waals surface area contributed by atoms with Gasteiger partial charge < -0.3 is 4.74 Å². The van der Waals surface area contributed by atoms with E-state index in [1.165, 1.54) is 7.11 Å². The molecule has 0 bridgehead atoms. The molecule has 1 aliphatic rings. The lowest BCUT2D eigenvalue weighted by Crippen LogP contribution is -2.03. The minimum Gasteiger partial charge on any atom is -0.465 e. The number of methoxy groups -OCH3 is 1. The molecule has 0 aromatic heterocycles. The number of esters is 1. The molecule has 0 saturated carbocycles. The van der Waals surface area contributed by atoms with Gasteiger partial charge in [0.05, 0.1) is 24.1 Å². The average Bonchev–Trinajstić information content (AvgIpc) is 2.90. The van der Waals surface area contributed by atoms with Gasteiger partial charge in [0.1, 0.15) is 0 Å². The Balaban J connectivity index is 1.92. The molecule has 0 saturated heterocycles. The van der Waals surface area contributed by atoms with Gasteiger partial charge in [0, 0.05) is 6.42 Å². The number of carbonyl (C=O) groups excluding carboxylic acids is 1. The molecule has 0 aliphatic carbocycles. The third kappa shape index (κ3) is 2.15. The standard InChI is InChI=1S/C16H13NO2/c1-19-16(18)12-7-8-14-13(9-12)10-15(17-14)11-5-3-2-4-6-11/h2-9H,10H2,1H3. The van der Waals surface area contributed by atoms with E-state index in [0.717, 1.165) is 28.9 Å². The lowest BCUT2D eigenvalue weighted by atomic mass is 10.0. The fourth-order valence-corrected chi connectivity index (χ4v) is 2.24. The van der Waals surface area contributed by atoms with Gasteiger partial charge in [-0.2, -0.15) is 0 Å². The maximum Gasteiger partial charge on any atom is 0.337 e. The summed E-state index contributed by atoms with van der Waals surface area (Å²) in [5.74, 6) is -0.309. The predicted molar refractivity (Wildman–Crippen MR) is 74.1 cm³/mol. The van der Waals surface area contributed by atoms with Crippen molar-refractivity contribution in [2.24, 2.45) is 4.99 Å². The Bertz CT molecular complexity index is 660. The van der Waals surface area contributed by atoms with Gasteiger partial charge in [0.15, 0.2) is 0 Å². The molecule has 3 nitrogen and oxygen atoms in total. The Morgan fingerprint density at radius 3 is 2.68 bits per heavy atom.